The normalized spacial score (nSPS) is 20.0. The molecule has 0 saturated carbocycles. The van der Waals surface area contributed by atoms with E-state index in [9.17, 15) is 4.79 Å². The molecule has 0 aliphatic carbocycles. The van der Waals surface area contributed by atoms with E-state index in [0.29, 0.717) is 12.1 Å². The van der Waals surface area contributed by atoms with E-state index in [-0.39, 0.29) is 17.8 Å². The number of carbonyl (C=O) groups is 1. The van der Waals surface area contributed by atoms with Crippen molar-refractivity contribution in [1.82, 2.24) is 4.90 Å². The predicted molar refractivity (Wildman–Crippen MR) is 81.0 cm³/mol. The summed E-state index contributed by atoms with van der Waals surface area (Å²) in [6.07, 6.45) is 2.65. The van der Waals surface area contributed by atoms with Gasteiger partial charge in [0, 0.05) is 16.6 Å². The maximum Gasteiger partial charge on any atom is 0.254 e. The summed E-state index contributed by atoms with van der Waals surface area (Å²) in [4.78, 5) is 14.3. The number of hydrogen-bond donors (Lipinski definition) is 2. The minimum Gasteiger partial charge on any atom is -0.409 e. The van der Waals surface area contributed by atoms with Crippen LogP contribution in [-0.2, 0) is 0 Å². The molecule has 20 heavy (non-hydrogen) atoms. The fourth-order valence-electron chi connectivity index (χ4n) is 2.49. The number of halogens is 1. The number of rotatable bonds is 2. The number of amides is 1. The van der Waals surface area contributed by atoms with Crippen LogP contribution in [-0.4, -0.2) is 34.4 Å². The lowest BCUT2D eigenvalue weighted by Gasteiger charge is -2.34. The standard InChI is InChI=1S/C14H18BrN3O2/c1-9-8-10(5-6-11(9)15)14(19)18-7-3-2-4-12(18)13(16)17-20/h5-6,8,12,20H,2-4,7H2,1H3,(H2,16,17). The van der Waals surface area contributed by atoms with E-state index in [1.807, 2.05) is 19.1 Å². The molecule has 108 valence electrons. The van der Waals surface area contributed by atoms with E-state index in [2.05, 4.69) is 21.1 Å². The number of nitrogens with zero attached hydrogens (tertiary/aromatic N) is 2. The first-order valence-corrected chi connectivity index (χ1v) is 7.38. The minimum absolute atomic E-state index is 0.0723. The molecule has 0 bridgehead atoms. The molecule has 1 saturated heterocycles. The van der Waals surface area contributed by atoms with Crippen LogP contribution in [0.1, 0.15) is 35.2 Å². The highest BCUT2D eigenvalue weighted by Crippen LogP contribution is 2.22. The first kappa shape index (κ1) is 14.8. The van der Waals surface area contributed by atoms with Gasteiger partial charge in [-0.1, -0.05) is 21.1 Å². The van der Waals surface area contributed by atoms with Gasteiger partial charge in [0.15, 0.2) is 5.84 Å². The first-order valence-electron chi connectivity index (χ1n) is 6.59. The highest BCUT2D eigenvalue weighted by molar-refractivity contribution is 9.10. The Balaban J connectivity index is 2.27. The minimum atomic E-state index is -0.315. The smallest absolute Gasteiger partial charge is 0.254 e. The molecule has 0 spiro atoms. The summed E-state index contributed by atoms with van der Waals surface area (Å²) in [6, 6.07) is 5.19. The van der Waals surface area contributed by atoms with Gasteiger partial charge in [-0.05, 0) is 49.9 Å². The monoisotopic (exact) mass is 339 g/mol. The van der Waals surface area contributed by atoms with Gasteiger partial charge in [0.1, 0.15) is 0 Å². The summed E-state index contributed by atoms with van der Waals surface area (Å²) in [6.45, 7) is 2.58. The Morgan fingerprint density at radius 3 is 2.90 bits per heavy atom. The Morgan fingerprint density at radius 1 is 1.50 bits per heavy atom. The van der Waals surface area contributed by atoms with Gasteiger partial charge in [-0.2, -0.15) is 0 Å². The second-order valence-corrected chi connectivity index (χ2v) is 5.85. The average Bonchev–Trinajstić information content (AvgIpc) is 2.48. The van der Waals surface area contributed by atoms with Gasteiger partial charge < -0.3 is 15.8 Å². The Labute approximate surface area is 126 Å². The van der Waals surface area contributed by atoms with Crippen LogP contribution in [0.15, 0.2) is 27.8 Å². The molecule has 1 aromatic carbocycles. The maximum absolute atomic E-state index is 12.6. The molecular weight excluding hydrogens is 322 g/mol. The van der Waals surface area contributed by atoms with Crippen LogP contribution in [0.4, 0.5) is 0 Å². The van der Waals surface area contributed by atoms with E-state index >= 15 is 0 Å². The number of benzene rings is 1. The summed E-state index contributed by atoms with van der Waals surface area (Å²) in [7, 11) is 0. The van der Waals surface area contributed by atoms with Gasteiger partial charge in [-0.3, -0.25) is 4.79 Å². The molecular formula is C14H18BrN3O2. The van der Waals surface area contributed by atoms with E-state index in [1.165, 1.54) is 0 Å². The van der Waals surface area contributed by atoms with Gasteiger partial charge in [0.05, 0.1) is 6.04 Å². The molecule has 1 aromatic rings. The fourth-order valence-corrected chi connectivity index (χ4v) is 2.74. The molecule has 0 aromatic heterocycles. The van der Waals surface area contributed by atoms with Crippen molar-refractivity contribution in [2.75, 3.05) is 6.54 Å². The van der Waals surface area contributed by atoms with Gasteiger partial charge in [-0.15, -0.1) is 0 Å². The molecule has 1 fully saturated rings. The highest BCUT2D eigenvalue weighted by Gasteiger charge is 2.30. The van der Waals surface area contributed by atoms with Crippen molar-refractivity contribution in [3.8, 4) is 0 Å². The molecule has 5 nitrogen and oxygen atoms in total. The van der Waals surface area contributed by atoms with Crippen molar-refractivity contribution in [2.24, 2.45) is 10.9 Å². The second-order valence-electron chi connectivity index (χ2n) is 5.00. The number of hydrogen-bond acceptors (Lipinski definition) is 3. The van der Waals surface area contributed by atoms with Crippen molar-refractivity contribution < 1.29 is 10.0 Å². The van der Waals surface area contributed by atoms with Crippen LogP contribution in [0, 0.1) is 6.92 Å². The molecule has 1 aliphatic heterocycles. The zero-order valence-corrected chi connectivity index (χ0v) is 12.9. The number of aryl methyl sites for hydroxylation is 1. The molecule has 2 rings (SSSR count). The summed E-state index contributed by atoms with van der Waals surface area (Å²) in [5.41, 5.74) is 7.34. The third-order valence-electron chi connectivity index (χ3n) is 3.63. The van der Waals surface area contributed by atoms with Gasteiger partial charge in [0.2, 0.25) is 0 Å². The first-order chi connectivity index (χ1) is 9.54. The Kier molecular flexibility index (Phi) is 4.65. The number of amidine groups is 1. The second kappa shape index (κ2) is 6.26. The average molecular weight is 340 g/mol. The summed E-state index contributed by atoms with van der Waals surface area (Å²) >= 11 is 3.42. The molecule has 1 amide bonds. The van der Waals surface area contributed by atoms with Crippen LogP contribution in [0.25, 0.3) is 0 Å². The van der Waals surface area contributed by atoms with Crippen molar-refractivity contribution in [2.45, 2.75) is 32.2 Å². The SMILES string of the molecule is Cc1cc(C(=O)N2CCCCC2/C(N)=N/O)ccc1Br. The largest absolute Gasteiger partial charge is 0.409 e. The maximum atomic E-state index is 12.6. The Hall–Kier alpha value is -1.56. The lowest BCUT2D eigenvalue weighted by atomic mass is 9.99. The zero-order valence-electron chi connectivity index (χ0n) is 11.3. The number of likely N-dealkylation sites (tertiary alicyclic amines) is 1. The zero-order chi connectivity index (χ0) is 14.7. The predicted octanol–water partition coefficient (Wildman–Crippen LogP) is 2.50. The van der Waals surface area contributed by atoms with Crippen LogP contribution in [0.2, 0.25) is 0 Å². The number of nitrogens with two attached hydrogens (primary N) is 1. The quantitative estimate of drug-likeness (QED) is 0.376. The summed E-state index contributed by atoms with van der Waals surface area (Å²) in [5, 5.41) is 11.9. The van der Waals surface area contributed by atoms with E-state index in [0.717, 1.165) is 29.3 Å². The van der Waals surface area contributed by atoms with Crippen LogP contribution in [0.3, 0.4) is 0 Å². The molecule has 1 aliphatic rings. The molecule has 3 N–H and O–H groups in total. The van der Waals surface area contributed by atoms with Crippen molar-refractivity contribution >= 4 is 27.7 Å². The van der Waals surface area contributed by atoms with Crippen LogP contribution >= 0.6 is 15.9 Å². The third kappa shape index (κ3) is 2.95. The van der Waals surface area contributed by atoms with E-state index in [1.54, 1.807) is 11.0 Å². The number of carbonyl (C=O) groups excluding carboxylic acids is 1. The van der Waals surface area contributed by atoms with Gasteiger partial charge in [0.25, 0.3) is 5.91 Å². The Morgan fingerprint density at radius 2 is 2.25 bits per heavy atom. The molecule has 1 heterocycles. The van der Waals surface area contributed by atoms with E-state index < -0.39 is 0 Å². The summed E-state index contributed by atoms with van der Waals surface area (Å²) < 4.78 is 0.973. The number of piperidine rings is 1. The van der Waals surface area contributed by atoms with Crippen LogP contribution in [0.5, 0.6) is 0 Å². The number of oxime groups is 1. The lowest BCUT2D eigenvalue weighted by Crippen LogP contribution is -2.50. The molecule has 6 heteroatoms. The van der Waals surface area contributed by atoms with Crippen molar-refractivity contribution in [3.05, 3.63) is 33.8 Å². The van der Waals surface area contributed by atoms with Crippen molar-refractivity contribution in [1.29, 1.82) is 0 Å². The lowest BCUT2D eigenvalue weighted by molar-refractivity contribution is 0.0676. The third-order valence-corrected chi connectivity index (χ3v) is 4.52. The van der Waals surface area contributed by atoms with E-state index in [4.69, 9.17) is 10.9 Å². The summed E-state index contributed by atoms with van der Waals surface area (Å²) in [5.74, 6) is 0.0313. The molecule has 1 unspecified atom stereocenters. The molecule has 0 radical (unpaired) electrons. The van der Waals surface area contributed by atoms with Crippen LogP contribution < -0.4 is 5.73 Å². The Bertz CT molecular complexity index is 545. The molecule has 1 atom stereocenters. The van der Waals surface area contributed by atoms with Crippen molar-refractivity contribution in [3.63, 3.8) is 0 Å². The highest BCUT2D eigenvalue weighted by atomic mass is 79.9. The van der Waals surface area contributed by atoms with Gasteiger partial charge in [-0.25, -0.2) is 0 Å². The fraction of sp³-hybridized carbons (Fsp3) is 0.429. The topological polar surface area (TPSA) is 78.9 Å². The van der Waals surface area contributed by atoms with Gasteiger partial charge >= 0.3 is 0 Å².